The first-order chi connectivity index (χ1) is 8.27. The lowest BCUT2D eigenvalue weighted by atomic mass is 10.0. The average molecular weight is 240 g/mol. The third-order valence-electron chi connectivity index (χ3n) is 3.11. The largest absolute Gasteiger partial charge is 0.463 e. The smallest absolute Gasteiger partial charge is 0.330 e. The Balaban J connectivity index is 2.33. The molecule has 0 bridgehead atoms. The van der Waals surface area contributed by atoms with E-state index in [1.807, 2.05) is 13.0 Å². The number of ether oxygens (including phenoxy) is 1. The van der Waals surface area contributed by atoms with Gasteiger partial charge in [0.1, 0.15) is 0 Å². The summed E-state index contributed by atoms with van der Waals surface area (Å²) in [6, 6.07) is 0.646. The molecule has 0 aromatic carbocycles. The number of hydrogen-bond acceptors (Lipinski definition) is 4. The van der Waals surface area contributed by atoms with Gasteiger partial charge in [-0.05, 0) is 39.4 Å². The van der Waals surface area contributed by atoms with Gasteiger partial charge in [-0.25, -0.2) is 4.79 Å². The standard InChI is InChI=1S/C13H24N2O2/c1-3-15(12-7-9-14-10-8-12)11-5-6-13(16)17-4-2/h5-6,12,14H,3-4,7-11H2,1-2H3/b6-5+. The molecular formula is C13H24N2O2. The molecule has 0 aromatic rings. The molecule has 17 heavy (non-hydrogen) atoms. The monoisotopic (exact) mass is 240 g/mol. The normalized spacial score (nSPS) is 17.8. The zero-order valence-corrected chi connectivity index (χ0v) is 10.9. The van der Waals surface area contributed by atoms with Crippen LogP contribution >= 0.6 is 0 Å². The fourth-order valence-electron chi connectivity index (χ4n) is 2.18. The lowest BCUT2D eigenvalue weighted by molar-refractivity contribution is -0.137. The first-order valence-corrected chi connectivity index (χ1v) is 6.56. The fourth-order valence-corrected chi connectivity index (χ4v) is 2.18. The Morgan fingerprint density at radius 1 is 1.41 bits per heavy atom. The molecule has 1 fully saturated rings. The summed E-state index contributed by atoms with van der Waals surface area (Å²) in [5.41, 5.74) is 0. The van der Waals surface area contributed by atoms with E-state index in [0.29, 0.717) is 12.6 Å². The minimum absolute atomic E-state index is 0.242. The molecule has 0 aromatic heterocycles. The topological polar surface area (TPSA) is 41.6 Å². The molecule has 1 N–H and O–H groups in total. The second kappa shape index (κ2) is 8.25. The predicted octanol–water partition coefficient (Wildman–Crippen LogP) is 1.18. The summed E-state index contributed by atoms with van der Waals surface area (Å²) in [4.78, 5) is 13.6. The van der Waals surface area contributed by atoms with Gasteiger partial charge in [-0.3, -0.25) is 4.90 Å². The molecule has 1 heterocycles. The van der Waals surface area contributed by atoms with E-state index in [1.165, 1.54) is 18.9 Å². The van der Waals surface area contributed by atoms with E-state index < -0.39 is 0 Å². The molecule has 0 amide bonds. The Morgan fingerprint density at radius 2 is 2.12 bits per heavy atom. The number of carbonyl (C=O) groups is 1. The number of piperidine rings is 1. The van der Waals surface area contributed by atoms with E-state index in [-0.39, 0.29) is 5.97 Å². The van der Waals surface area contributed by atoms with E-state index in [2.05, 4.69) is 17.1 Å². The lowest BCUT2D eigenvalue weighted by Gasteiger charge is -2.33. The number of rotatable bonds is 6. The highest BCUT2D eigenvalue weighted by Gasteiger charge is 2.18. The number of carbonyl (C=O) groups excluding carboxylic acids is 1. The third-order valence-corrected chi connectivity index (χ3v) is 3.11. The summed E-state index contributed by atoms with van der Waals surface area (Å²) in [5.74, 6) is -0.242. The summed E-state index contributed by atoms with van der Waals surface area (Å²) >= 11 is 0. The summed E-state index contributed by atoms with van der Waals surface area (Å²) < 4.78 is 4.85. The van der Waals surface area contributed by atoms with Crippen molar-refractivity contribution in [3.8, 4) is 0 Å². The Morgan fingerprint density at radius 3 is 2.71 bits per heavy atom. The Kier molecular flexibility index (Phi) is 6.89. The molecule has 1 aliphatic rings. The van der Waals surface area contributed by atoms with Gasteiger partial charge in [0.2, 0.25) is 0 Å². The molecule has 98 valence electrons. The van der Waals surface area contributed by atoms with Crippen LogP contribution in [0.25, 0.3) is 0 Å². The SMILES string of the molecule is CCOC(=O)/C=C/CN(CC)C1CCNCC1. The van der Waals surface area contributed by atoms with Crippen LogP contribution in [0.15, 0.2) is 12.2 Å². The quantitative estimate of drug-likeness (QED) is 0.559. The molecule has 0 saturated carbocycles. The van der Waals surface area contributed by atoms with Gasteiger partial charge in [-0.1, -0.05) is 13.0 Å². The Bertz CT molecular complexity index is 248. The van der Waals surface area contributed by atoms with Gasteiger partial charge in [0, 0.05) is 18.7 Å². The highest BCUT2D eigenvalue weighted by atomic mass is 16.5. The average Bonchev–Trinajstić information content (AvgIpc) is 2.36. The Labute approximate surface area is 104 Å². The van der Waals surface area contributed by atoms with E-state index in [9.17, 15) is 4.79 Å². The number of nitrogens with one attached hydrogen (secondary N) is 1. The minimum Gasteiger partial charge on any atom is -0.463 e. The van der Waals surface area contributed by atoms with Crippen LogP contribution in [-0.2, 0) is 9.53 Å². The first kappa shape index (κ1) is 14.2. The van der Waals surface area contributed by atoms with Crippen molar-refractivity contribution in [2.45, 2.75) is 32.7 Å². The highest BCUT2D eigenvalue weighted by molar-refractivity contribution is 5.81. The molecule has 0 aliphatic carbocycles. The van der Waals surface area contributed by atoms with Crippen LogP contribution in [0.3, 0.4) is 0 Å². The highest BCUT2D eigenvalue weighted by Crippen LogP contribution is 2.11. The van der Waals surface area contributed by atoms with Crippen molar-refractivity contribution in [3.63, 3.8) is 0 Å². The first-order valence-electron chi connectivity index (χ1n) is 6.56. The second-order valence-corrected chi connectivity index (χ2v) is 4.22. The predicted molar refractivity (Wildman–Crippen MR) is 68.9 cm³/mol. The van der Waals surface area contributed by atoms with Gasteiger partial charge in [-0.2, -0.15) is 0 Å². The maximum absolute atomic E-state index is 11.2. The zero-order chi connectivity index (χ0) is 12.5. The van der Waals surface area contributed by atoms with Crippen LogP contribution in [0.1, 0.15) is 26.7 Å². The Hall–Kier alpha value is -0.870. The third kappa shape index (κ3) is 5.33. The van der Waals surface area contributed by atoms with Crippen LogP contribution < -0.4 is 5.32 Å². The number of likely N-dealkylation sites (N-methyl/N-ethyl adjacent to an activating group) is 1. The van der Waals surface area contributed by atoms with E-state index in [1.54, 1.807) is 0 Å². The van der Waals surface area contributed by atoms with Crippen LogP contribution in [0.5, 0.6) is 0 Å². The molecular weight excluding hydrogens is 216 g/mol. The molecule has 0 atom stereocenters. The number of nitrogens with zero attached hydrogens (tertiary/aromatic N) is 1. The van der Waals surface area contributed by atoms with Crippen LogP contribution in [0.2, 0.25) is 0 Å². The van der Waals surface area contributed by atoms with E-state index >= 15 is 0 Å². The van der Waals surface area contributed by atoms with Crippen molar-refractivity contribution in [1.82, 2.24) is 10.2 Å². The van der Waals surface area contributed by atoms with E-state index in [4.69, 9.17) is 4.74 Å². The van der Waals surface area contributed by atoms with Crippen molar-refractivity contribution in [2.75, 3.05) is 32.8 Å². The minimum atomic E-state index is -0.242. The molecule has 1 aliphatic heterocycles. The summed E-state index contributed by atoms with van der Waals surface area (Å²) in [7, 11) is 0. The zero-order valence-electron chi connectivity index (χ0n) is 10.9. The van der Waals surface area contributed by atoms with E-state index in [0.717, 1.165) is 26.2 Å². The molecule has 4 nitrogen and oxygen atoms in total. The molecule has 1 rings (SSSR count). The molecule has 4 heteroatoms. The summed E-state index contributed by atoms with van der Waals surface area (Å²) in [6.07, 6.45) is 5.83. The fraction of sp³-hybridized carbons (Fsp3) is 0.769. The number of esters is 1. The molecule has 1 saturated heterocycles. The van der Waals surface area contributed by atoms with Crippen molar-refractivity contribution in [2.24, 2.45) is 0 Å². The van der Waals surface area contributed by atoms with Crippen LogP contribution in [0, 0.1) is 0 Å². The van der Waals surface area contributed by atoms with Gasteiger partial charge in [0.15, 0.2) is 0 Å². The van der Waals surface area contributed by atoms with Gasteiger partial charge < -0.3 is 10.1 Å². The molecule has 0 radical (unpaired) electrons. The molecule has 0 spiro atoms. The van der Waals surface area contributed by atoms with Gasteiger partial charge >= 0.3 is 5.97 Å². The van der Waals surface area contributed by atoms with Crippen molar-refractivity contribution < 1.29 is 9.53 Å². The van der Waals surface area contributed by atoms with Crippen molar-refractivity contribution in [1.29, 1.82) is 0 Å². The second-order valence-electron chi connectivity index (χ2n) is 4.22. The summed E-state index contributed by atoms with van der Waals surface area (Å²) in [5, 5.41) is 3.37. The molecule has 0 unspecified atom stereocenters. The number of hydrogen-bond donors (Lipinski definition) is 1. The van der Waals surface area contributed by atoms with Gasteiger partial charge in [0.25, 0.3) is 0 Å². The van der Waals surface area contributed by atoms with Crippen molar-refractivity contribution in [3.05, 3.63) is 12.2 Å². The van der Waals surface area contributed by atoms with Crippen molar-refractivity contribution >= 4 is 5.97 Å². The summed E-state index contributed by atoms with van der Waals surface area (Å²) in [6.45, 7) is 8.48. The van der Waals surface area contributed by atoms with Crippen LogP contribution in [-0.4, -0.2) is 49.7 Å². The van der Waals surface area contributed by atoms with Crippen LogP contribution in [0.4, 0.5) is 0 Å². The maximum Gasteiger partial charge on any atom is 0.330 e. The lowest BCUT2D eigenvalue weighted by Crippen LogP contribution is -2.43. The maximum atomic E-state index is 11.2. The van der Waals surface area contributed by atoms with Gasteiger partial charge in [0.05, 0.1) is 6.61 Å². The van der Waals surface area contributed by atoms with Gasteiger partial charge in [-0.15, -0.1) is 0 Å².